The number of aromatic nitrogens is 1. The maximum atomic E-state index is 13.2. The van der Waals surface area contributed by atoms with Gasteiger partial charge >= 0.3 is 6.18 Å². The summed E-state index contributed by atoms with van der Waals surface area (Å²) in [5, 5.41) is 5.54. The number of hydrogen-bond acceptors (Lipinski definition) is 4. The van der Waals surface area contributed by atoms with E-state index in [0.29, 0.717) is 28.4 Å². The molecule has 202 valence electrons. The number of alkyl halides is 3. The average molecular weight is 560 g/mol. The predicted octanol–water partition coefficient (Wildman–Crippen LogP) is 8.41. The van der Waals surface area contributed by atoms with Crippen LogP contribution in [0.3, 0.4) is 0 Å². The van der Waals surface area contributed by atoms with Crippen LogP contribution in [0.25, 0.3) is 11.1 Å². The summed E-state index contributed by atoms with van der Waals surface area (Å²) in [4.78, 5) is 21.0. The Morgan fingerprint density at radius 3 is 2.61 bits per heavy atom. The SMILES string of the molecule is CC(C)CCCC(=S)N1CCC(c2nc(C(=O)Nc3ccccc3-c3cccc(C(F)(F)F)c3)cs2)CC1. The van der Waals surface area contributed by atoms with E-state index in [-0.39, 0.29) is 11.8 Å². The zero-order valence-electron chi connectivity index (χ0n) is 21.6. The van der Waals surface area contributed by atoms with E-state index in [1.165, 1.54) is 23.8 Å². The molecule has 4 rings (SSSR count). The number of nitrogens with zero attached hydrogens (tertiary/aromatic N) is 2. The minimum atomic E-state index is -4.44. The maximum Gasteiger partial charge on any atom is 0.416 e. The van der Waals surface area contributed by atoms with E-state index >= 15 is 0 Å². The Labute approximate surface area is 231 Å². The van der Waals surface area contributed by atoms with Gasteiger partial charge in [-0.3, -0.25) is 4.79 Å². The van der Waals surface area contributed by atoms with Gasteiger partial charge in [0.15, 0.2) is 0 Å². The lowest BCUT2D eigenvalue weighted by molar-refractivity contribution is -0.137. The van der Waals surface area contributed by atoms with Gasteiger partial charge in [-0.2, -0.15) is 13.2 Å². The standard InChI is InChI=1S/C29H32F3N3OS2/c1-19(2)7-5-12-26(37)35-15-13-20(14-16-35)28-34-25(18-38-28)27(36)33-24-11-4-3-10-23(24)21-8-6-9-22(17-21)29(30,31)32/h3-4,6,8-11,17-20H,5,7,12-16H2,1-2H3,(H,33,36). The molecule has 1 aromatic heterocycles. The lowest BCUT2D eigenvalue weighted by Crippen LogP contribution is -2.36. The van der Waals surface area contributed by atoms with Crippen molar-refractivity contribution in [3.63, 3.8) is 0 Å². The van der Waals surface area contributed by atoms with Crippen molar-refractivity contribution >= 4 is 40.1 Å². The number of para-hydroxylation sites is 1. The van der Waals surface area contributed by atoms with Gasteiger partial charge < -0.3 is 10.2 Å². The van der Waals surface area contributed by atoms with E-state index in [4.69, 9.17) is 12.2 Å². The fourth-order valence-electron chi connectivity index (χ4n) is 4.67. The summed E-state index contributed by atoms with van der Waals surface area (Å²) in [6.07, 6.45) is 0.708. The van der Waals surface area contributed by atoms with Crippen LogP contribution in [0, 0.1) is 5.92 Å². The van der Waals surface area contributed by atoms with E-state index in [0.717, 1.165) is 60.9 Å². The second-order valence-corrected chi connectivity index (χ2v) is 11.5. The predicted molar refractivity (Wildman–Crippen MR) is 152 cm³/mol. The van der Waals surface area contributed by atoms with Crippen molar-refractivity contribution in [2.45, 2.75) is 58.0 Å². The second kappa shape index (κ2) is 12.4. The van der Waals surface area contributed by atoms with E-state index in [2.05, 4.69) is 29.0 Å². The van der Waals surface area contributed by atoms with Gasteiger partial charge in [0.25, 0.3) is 5.91 Å². The van der Waals surface area contributed by atoms with E-state index < -0.39 is 11.7 Å². The number of thiocarbonyl (C=S) groups is 1. The Bertz CT molecular complexity index is 1260. The Hall–Kier alpha value is -2.78. The number of carbonyl (C=O) groups excluding carboxylic acids is 1. The highest BCUT2D eigenvalue weighted by Crippen LogP contribution is 2.35. The zero-order valence-corrected chi connectivity index (χ0v) is 23.2. The number of thiazole rings is 1. The lowest BCUT2D eigenvalue weighted by atomic mass is 9.97. The minimum Gasteiger partial charge on any atom is -0.366 e. The van der Waals surface area contributed by atoms with Crippen LogP contribution < -0.4 is 5.32 Å². The van der Waals surface area contributed by atoms with Crippen molar-refractivity contribution in [3.05, 3.63) is 70.2 Å². The van der Waals surface area contributed by atoms with E-state index in [9.17, 15) is 18.0 Å². The molecule has 1 N–H and O–H groups in total. The lowest BCUT2D eigenvalue weighted by Gasteiger charge is -2.33. The summed E-state index contributed by atoms with van der Waals surface area (Å²) in [6, 6.07) is 11.9. The van der Waals surface area contributed by atoms with Crippen molar-refractivity contribution in [1.82, 2.24) is 9.88 Å². The first kappa shape index (κ1) is 28.2. The molecule has 1 aliphatic heterocycles. The summed E-state index contributed by atoms with van der Waals surface area (Å²) in [7, 11) is 0. The number of piperidine rings is 1. The second-order valence-electron chi connectivity index (χ2n) is 10.1. The van der Waals surface area contributed by atoms with E-state index in [1.807, 2.05) is 0 Å². The minimum absolute atomic E-state index is 0.286. The number of likely N-dealkylation sites (tertiary alicyclic amines) is 1. The third-order valence-electron chi connectivity index (χ3n) is 6.80. The number of anilines is 1. The average Bonchev–Trinajstić information content (AvgIpc) is 3.39. The monoisotopic (exact) mass is 559 g/mol. The number of nitrogens with one attached hydrogen (secondary N) is 1. The van der Waals surface area contributed by atoms with Gasteiger partial charge in [0, 0.05) is 35.6 Å². The molecular weight excluding hydrogens is 527 g/mol. The summed E-state index contributed by atoms with van der Waals surface area (Å²) in [6.45, 7) is 6.26. The van der Waals surface area contributed by atoms with Crippen LogP contribution in [0.15, 0.2) is 53.9 Å². The van der Waals surface area contributed by atoms with Crippen molar-refractivity contribution in [2.75, 3.05) is 18.4 Å². The molecule has 0 bridgehead atoms. The molecule has 3 aromatic rings. The highest BCUT2D eigenvalue weighted by atomic mass is 32.1. The highest BCUT2D eigenvalue weighted by molar-refractivity contribution is 7.80. The molecule has 0 atom stereocenters. The highest BCUT2D eigenvalue weighted by Gasteiger charge is 2.30. The van der Waals surface area contributed by atoms with Crippen LogP contribution in [0.5, 0.6) is 0 Å². The molecule has 0 aliphatic carbocycles. The molecule has 1 amide bonds. The number of carbonyl (C=O) groups is 1. The first-order valence-corrected chi connectivity index (χ1v) is 14.2. The van der Waals surface area contributed by atoms with E-state index in [1.54, 1.807) is 35.7 Å². The molecule has 1 saturated heterocycles. The summed E-state index contributed by atoms with van der Waals surface area (Å²) in [5.41, 5.74) is 0.909. The molecule has 1 fully saturated rings. The van der Waals surface area contributed by atoms with Crippen molar-refractivity contribution in [3.8, 4) is 11.1 Å². The fourth-order valence-corrected chi connectivity index (χ4v) is 5.97. The Morgan fingerprint density at radius 1 is 1.16 bits per heavy atom. The summed E-state index contributed by atoms with van der Waals surface area (Å²) < 4.78 is 39.7. The van der Waals surface area contributed by atoms with Gasteiger partial charge in [0.1, 0.15) is 5.69 Å². The third kappa shape index (κ3) is 7.20. The molecule has 0 radical (unpaired) electrons. The van der Waals surface area contributed by atoms with Crippen molar-refractivity contribution in [2.24, 2.45) is 5.92 Å². The van der Waals surface area contributed by atoms with Crippen LogP contribution in [0.4, 0.5) is 18.9 Å². The summed E-state index contributed by atoms with van der Waals surface area (Å²) in [5.74, 6) is 0.596. The number of benzene rings is 2. The Kier molecular flexibility index (Phi) is 9.20. The topological polar surface area (TPSA) is 45.2 Å². The molecule has 4 nitrogen and oxygen atoms in total. The van der Waals surface area contributed by atoms with Crippen LogP contribution in [0.1, 0.15) is 72.9 Å². The summed E-state index contributed by atoms with van der Waals surface area (Å²) >= 11 is 7.14. The first-order valence-electron chi connectivity index (χ1n) is 12.9. The van der Waals surface area contributed by atoms with Gasteiger partial charge in [-0.05, 0) is 55.4 Å². The van der Waals surface area contributed by atoms with Gasteiger partial charge in [-0.25, -0.2) is 4.98 Å². The number of hydrogen-bond donors (Lipinski definition) is 1. The number of amides is 1. The van der Waals surface area contributed by atoms with Crippen LogP contribution in [0.2, 0.25) is 0 Å². The Balaban J connectivity index is 1.38. The molecular formula is C29H32F3N3OS2. The number of halogens is 3. The molecule has 9 heteroatoms. The molecule has 2 heterocycles. The van der Waals surface area contributed by atoms with Gasteiger partial charge in [-0.1, -0.05) is 62.8 Å². The van der Waals surface area contributed by atoms with Gasteiger partial charge in [-0.15, -0.1) is 11.3 Å². The molecule has 0 spiro atoms. The molecule has 0 unspecified atom stereocenters. The zero-order chi connectivity index (χ0) is 27.3. The molecule has 38 heavy (non-hydrogen) atoms. The van der Waals surface area contributed by atoms with Gasteiger partial charge in [0.2, 0.25) is 0 Å². The number of rotatable bonds is 8. The quantitative estimate of drug-likeness (QED) is 0.282. The Morgan fingerprint density at radius 2 is 1.89 bits per heavy atom. The normalized spacial score (nSPS) is 14.6. The third-order valence-corrected chi connectivity index (χ3v) is 8.27. The van der Waals surface area contributed by atoms with Crippen molar-refractivity contribution < 1.29 is 18.0 Å². The fraction of sp³-hybridized carbons (Fsp3) is 0.414. The molecule has 1 aliphatic rings. The van der Waals surface area contributed by atoms with Crippen LogP contribution in [-0.4, -0.2) is 33.9 Å². The molecule has 2 aromatic carbocycles. The molecule has 0 saturated carbocycles. The van der Waals surface area contributed by atoms with Crippen molar-refractivity contribution in [1.29, 1.82) is 0 Å². The first-order chi connectivity index (χ1) is 18.1. The maximum absolute atomic E-state index is 13.2. The van der Waals surface area contributed by atoms with Gasteiger partial charge in [0.05, 0.1) is 15.6 Å². The van der Waals surface area contributed by atoms with Crippen LogP contribution in [-0.2, 0) is 6.18 Å². The largest absolute Gasteiger partial charge is 0.416 e. The smallest absolute Gasteiger partial charge is 0.366 e. The van der Waals surface area contributed by atoms with Crippen LogP contribution >= 0.6 is 23.6 Å².